The van der Waals surface area contributed by atoms with Crippen LogP contribution in [0.25, 0.3) is 0 Å². The van der Waals surface area contributed by atoms with E-state index in [2.05, 4.69) is 6.07 Å². The van der Waals surface area contributed by atoms with Crippen LogP contribution >= 0.6 is 11.8 Å². The molecule has 1 saturated heterocycles. The average Bonchev–Trinajstić information content (AvgIpc) is 3.12. The van der Waals surface area contributed by atoms with Crippen LogP contribution < -0.4 is 0 Å². The summed E-state index contributed by atoms with van der Waals surface area (Å²) in [5.41, 5.74) is 1.11. The van der Waals surface area contributed by atoms with Crippen molar-refractivity contribution in [2.75, 3.05) is 18.8 Å². The Kier molecular flexibility index (Phi) is 3.40. The molecule has 0 bridgehead atoms. The van der Waals surface area contributed by atoms with Crippen LogP contribution in [0.3, 0.4) is 0 Å². The number of rotatable bonds is 3. The summed E-state index contributed by atoms with van der Waals surface area (Å²) in [6.45, 7) is 1.02. The normalized spacial score (nSPS) is 30.4. The lowest BCUT2D eigenvalue weighted by Gasteiger charge is -2.21. The molecule has 1 saturated carbocycles. The van der Waals surface area contributed by atoms with Crippen molar-refractivity contribution in [2.45, 2.75) is 23.7 Å². The van der Waals surface area contributed by atoms with Gasteiger partial charge in [-0.05, 0) is 36.3 Å². The third-order valence-electron chi connectivity index (χ3n) is 5.22. The van der Waals surface area contributed by atoms with E-state index in [1.807, 2.05) is 23.1 Å². The summed E-state index contributed by atoms with van der Waals surface area (Å²) in [6.07, 6.45) is 2.25. The zero-order valence-corrected chi connectivity index (χ0v) is 13.1. The van der Waals surface area contributed by atoms with Crippen LogP contribution in [0.2, 0.25) is 0 Å². The molecule has 0 spiro atoms. The van der Waals surface area contributed by atoms with E-state index in [-0.39, 0.29) is 23.7 Å². The number of thioether (sulfide) groups is 1. The fourth-order valence-corrected chi connectivity index (χ4v) is 5.08. The molecular weight excluding hydrogens is 298 g/mol. The monoisotopic (exact) mass is 317 g/mol. The van der Waals surface area contributed by atoms with Crippen molar-refractivity contribution in [1.29, 1.82) is 0 Å². The topological polar surface area (TPSA) is 57.6 Å². The highest BCUT2D eigenvalue weighted by molar-refractivity contribution is 7.99. The van der Waals surface area contributed by atoms with Crippen LogP contribution in [0.4, 0.5) is 0 Å². The first kappa shape index (κ1) is 14.1. The standard InChI is InChI=1S/C17H19NO3S/c19-16(14-9-22-15-4-2-1-3-11(14)15)18-7-12(10-5-6-10)13(8-18)17(20)21/h1-4,10,12-14H,5-9H2,(H,20,21)/t12-,13+,14?/m1/s1. The second-order valence-corrected chi connectivity index (χ2v) is 7.65. The summed E-state index contributed by atoms with van der Waals surface area (Å²) in [5.74, 6) is 0.352. The van der Waals surface area contributed by atoms with Gasteiger partial charge >= 0.3 is 5.97 Å². The minimum Gasteiger partial charge on any atom is -0.481 e. The van der Waals surface area contributed by atoms with Gasteiger partial charge in [-0.1, -0.05) is 18.2 Å². The van der Waals surface area contributed by atoms with E-state index < -0.39 is 5.97 Å². The number of amides is 1. The Labute approximate surface area is 133 Å². The van der Waals surface area contributed by atoms with Gasteiger partial charge in [-0.3, -0.25) is 9.59 Å². The molecule has 116 valence electrons. The highest BCUT2D eigenvalue weighted by Gasteiger charge is 2.48. The fourth-order valence-electron chi connectivity index (χ4n) is 3.86. The number of benzene rings is 1. The van der Waals surface area contributed by atoms with Crippen LogP contribution in [0.5, 0.6) is 0 Å². The molecule has 1 amide bonds. The van der Waals surface area contributed by atoms with Gasteiger partial charge in [-0.2, -0.15) is 0 Å². The van der Waals surface area contributed by atoms with Gasteiger partial charge in [0.15, 0.2) is 0 Å². The number of hydrogen-bond acceptors (Lipinski definition) is 3. The SMILES string of the molecule is O=C(O)[C@H]1CN(C(=O)C2CSc3ccccc32)C[C@@H]1C1CC1. The number of carboxylic acid groups (broad SMARTS) is 1. The summed E-state index contributed by atoms with van der Waals surface area (Å²) in [7, 11) is 0. The van der Waals surface area contributed by atoms with Crippen LogP contribution in [0.15, 0.2) is 29.2 Å². The van der Waals surface area contributed by atoms with Gasteiger partial charge in [-0.25, -0.2) is 0 Å². The number of carboxylic acids is 1. The molecule has 0 radical (unpaired) electrons. The molecule has 2 fully saturated rings. The highest BCUT2D eigenvalue weighted by Crippen LogP contribution is 2.46. The molecule has 4 rings (SSSR count). The molecule has 3 aliphatic rings. The van der Waals surface area contributed by atoms with E-state index in [0.29, 0.717) is 19.0 Å². The minimum atomic E-state index is -0.742. The molecule has 1 unspecified atom stereocenters. The van der Waals surface area contributed by atoms with Crippen LogP contribution in [0.1, 0.15) is 24.3 Å². The molecule has 22 heavy (non-hydrogen) atoms. The third kappa shape index (κ3) is 2.32. The molecule has 5 heteroatoms. The number of carbonyl (C=O) groups is 2. The van der Waals surface area contributed by atoms with E-state index in [0.717, 1.165) is 24.2 Å². The Hall–Kier alpha value is -1.49. The predicted molar refractivity (Wildman–Crippen MR) is 83.8 cm³/mol. The lowest BCUT2D eigenvalue weighted by molar-refractivity contribution is -0.142. The van der Waals surface area contributed by atoms with Crippen molar-refractivity contribution >= 4 is 23.6 Å². The fraction of sp³-hybridized carbons (Fsp3) is 0.529. The first-order valence-electron chi connectivity index (χ1n) is 7.88. The molecule has 1 aliphatic carbocycles. The number of likely N-dealkylation sites (tertiary alicyclic amines) is 1. The van der Waals surface area contributed by atoms with E-state index >= 15 is 0 Å². The molecule has 3 atom stereocenters. The van der Waals surface area contributed by atoms with Crippen molar-refractivity contribution in [3.8, 4) is 0 Å². The number of hydrogen-bond donors (Lipinski definition) is 1. The Morgan fingerprint density at radius 3 is 2.68 bits per heavy atom. The van der Waals surface area contributed by atoms with Gasteiger partial charge < -0.3 is 10.0 Å². The first-order chi connectivity index (χ1) is 10.6. The molecule has 4 nitrogen and oxygen atoms in total. The average molecular weight is 317 g/mol. The third-order valence-corrected chi connectivity index (χ3v) is 6.40. The van der Waals surface area contributed by atoms with E-state index in [1.54, 1.807) is 11.8 Å². The molecule has 1 aromatic carbocycles. The summed E-state index contributed by atoms with van der Waals surface area (Å²) in [5, 5.41) is 9.44. The predicted octanol–water partition coefficient (Wildman–Crippen LogP) is 2.45. The number of carbonyl (C=O) groups excluding carboxylic acids is 1. The lowest BCUT2D eigenvalue weighted by Crippen LogP contribution is -2.34. The molecule has 2 aliphatic heterocycles. The number of nitrogens with zero attached hydrogens (tertiary/aromatic N) is 1. The quantitative estimate of drug-likeness (QED) is 0.930. The second-order valence-electron chi connectivity index (χ2n) is 6.59. The van der Waals surface area contributed by atoms with Crippen LogP contribution in [-0.2, 0) is 9.59 Å². The summed E-state index contributed by atoms with van der Waals surface area (Å²) >= 11 is 1.73. The highest BCUT2D eigenvalue weighted by atomic mass is 32.2. The first-order valence-corrected chi connectivity index (χ1v) is 8.87. The van der Waals surface area contributed by atoms with Crippen molar-refractivity contribution in [3.63, 3.8) is 0 Å². The van der Waals surface area contributed by atoms with Crippen molar-refractivity contribution in [2.24, 2.45) is 17.8 Å². The van der Waals surface area contributed by atoms with E-state index in [1.165, 1.54) is 4.90 Å². The van der Waals surface area contributed by atoms with Gasteiger partial charge in [0.2, 0.25) is 5.91 Å². The molecule has 2 heterocycles. The van der Waals surface area contributed by atoms with Crippen LogP contribution in [0, 0.1) is 17.8 Å². The summed E-state index contributed by atoms with van der Waals surface area (Å²) in [6, 6.07) is 8.06. The Morgan fingerprint density at radius 2 is 1.95 bits per heavy atom. The van der Waals surface area contributed by atoms with Gasteiger partial charge in [0.1, 0.15) is 0 Å². The van der Waals surface area contributed by atoms with Crippen molar-refractivity contribution in [3.05, 3.63) is 29.8 Å². The maximum absolute atomic E-state index is 12.9. The van der Waals surface area contributed by atoms with Gasteiger partial charge in [-0.15, -0.1) is 11.8 Å². The zero-order chi connectivity index (χ0) is 15.3. The Balaban J connectivity index is 1.53. The molecule has 1 N–H and O–H groups in total. The van der Waals surface area contributed by atoms with Crippen molar-refractivity contribution in [1.82, 2.24) is 4.90 Å². The second kappa shape index (κ2) is 5.30. The van der Waals surface area contributed by atoms with Gasteiger partial charge in [0, 0.05) is 23.7 Å². The van der Waals surface area contributed by atoms with Gasteiger partial charge in [0.25, 0.3) is 0 Å². The summed E-state index contributed by atoms with van der Waals surface area (Å²) in [4.78, 5) is 27.4. The number of aliphatic carboxylic acids is 1. The van der Waals surface area contributed by atoms with E-state index in [9.17, 15) is 14.7 Å². The maximum atomic E-state index is 12.9. The molecule has 0 aromatic heterocycles. The molecular formula is C17H19NO3S. The van der Waals surface area contributed by atoms with Gasteiger partial charge in [0.05, 0.1) is 11.8 Å². The smallest absolute Gasteiger partial charge is 0.308 e. The lowest BCUT2D eigenvalue weighted by atomic mass is 9.92. The number of fused-ring (bicyclic) bond motifs is 1. The molecule has 1 aromatic rings. The largest absolute Gasteiger partial charge is 0.481 e. The van der Waals surface area contributed by atoms with Crippen molar-refractivity contribution < 1.29 is 14.7 Å². The summed E-state index contributed by atoms with van der Waals surface area (Å²) < 4.78 is 0. The van der Waals surface area contributed by atoms with Crippen LogP contribution in [-0.4, -0.2) is 40.7 Å². The maximum Gasteiger partial charge on any atom is 0.308 e. The zero-order valence-electron chi connectivity index (χ0n) is 12.3. The van der Waals surface area contributed by atoms with E-state index in [4.69, 9.17) is 0 Å². The Morgan fingerprint density at radius 1 is 1.18 bits per heavy atom. The Bertz CT molecular complexity index is 628. The minimum absolute atomic E-state index is 0.103.